The average Bonchev–Trinajstić information content (AvgIpc) is 2.84. The monoisotopic (exact) mass is 247 g/mol. The molecule has 0 bridgehead atoms. The second-order valence-corrected chi connectivity index (χ2v) is 5.03. The molecule has 1 atom stereocenters. The van der Waals surface area contributed by atoms with E-state index >= 15 is 0 Å². The quantitative estimate of drug-likeness (QED) is 0.864. The van der Waals surface area contributed by atoms with Crippen molar-refractivity contribution in [3.05, 3.63) is 35.9 Å². The van der Waals surface area contributed by atoms with Gasteiger partial charge in [0, 0.05) is 12.3 Å². The number of hydrogen-bond acceptors (Lipinski definition) is 3. The first kappa shape index (κ1) is 11.7. The SMILES string of the molecule is O=C([C@H]1C[C@H](O)C1)N1OCC[C@H]1c1ccccc1. The molecule has 0 spiro atoms. The van der Waals surface area contributed by atoms with Crippen LogP contribution in [0.3, 0.4) is 0 Å². The van der Waals surface area contributed by atoms with E-state index in [0.29, 0.717) is 19.4 Å². The fourth-order valence-electron chi connectivity index (χ4n) is 2.63. The van der Waals surface area contributed by atoms with Crippen LogP contribution in [0, 0.1) is 5.92 Å². The Bertz CT molecular complexity index is 428. The van der Waals surface area contributed by atoms with E-state index in [1.807, 2.05) is 30.3 Å². The predicted molar refractivity (Wildman–Crippen MR) is 65.3 cm³/mol. The Morgan fingerprint density at radius 3 is 2.67 bits per heavy atom. The molecule has 1 aliphatic carbocycles. The standard InChI is InChI=1S/C14H17NO3/c16-12-8-11(9-12)14(17)15-13(6-7-18-15)10-4-2-1-3-5-10/h1-5,11-13,16H,6-9H2/t11-,12-,13-/m0/s1. The number of amides is 1. The third kappa shape index (κ3) is 2.02. The molecule has 2 aliphatic rings. The van der Waals surface area contributed by atoms with E-state index in [-0.39, 0.29) is 24.0 Å². The van der Waals surface area contributed by atoms with Crippen LogP contribution >= 0.6 is 0 Å². The molecule has 2 fully saturated rings. The Morgan fingerprint density at radius 1 is 1.28 bits per heavy atom. The number of hydroxylamine groups is 2. The van der Waals surface area contributed by atoms with Gasteiger partial charge < -0.3 is 5.11 Å². The molecule has 1 heterocycles. The van der Waals surface area contributed by atoms with Crippen molar-refractivity contribution >= 4 is 5.91 Å². The highest BCUT2D eigenvalue weighted by molar-refractivity contribution is 5.79. The Hall–Kier alpha value is -1.39. The highest BCUT2D eigenvalue weighted by Crippen LogP contribution is 2.36. The van der Waals surface area contributed by atoms with Gasteiger partial charge in [-0.05, 0) is 18.4 Å². The van der Waals surface area contributed by atoms with Crippen molar-refractivity contribution in [3.63, 3.8) is 0 Å². The summed E-state index contributed by atoms with van der Waals surface area (Å²) in [6.07, 6.45) is 1.67. The van der Waals surface area contributed by atoms with E-state index in [1.165, 1.54) is 5.06 Å². The number of hydrogen-bond donors (Lipinski definition) is 1. The minimum absolute atomic E-state index is 0.0200. The summed E-state index contributed by atoms with van der Waals surface area (Å²) in [7, 11) is 0. The number of benzene rings is 1. The Morgan fingerprint density at radius 2 is 2.00 bits per heavy atom. The zero-order chi connectivity index (χ0) is 12.5. The second kappa shape index (κ2) is 4.71. The molecule has 18 heavy (non-hydrogen) atoms. The minimum atomic E-state index is -0.309. The molecule has 1 amide bonds. The second-order valence-electron chi connectivity index (χ2n) is 5.03. The number of carbonyl (C=O) groups is 1. The summed E-state index contributed by atoms with van der Waals surface area (Å²) in [5, 5.41) is 10.8. The molecule has 4 nitrogen and oxygen atoms in total. The van der Waals surface area contributed by atoms with Gasteiger partial charge in [0.1, 0.15) is 0 Å². The van der Waals surface area contributed by atoms with Crippen molar-refractivity contribution in [3.8, 4) is 0 Å². The van der Waals surface area contributed by atoms with Gasteiger partial charge in [-0.15, -0.1) is 0 Å². The van der Waals surface area contributed by atoms with Crippen LogP contribution in [0.2, 0.25) is 0 Å². The fraction of sp³-hybridized carbons (Fsp3) is 0.500. The van der Waals surface area contributed by atoms with E-state index in [4.69, 9.17) is 4.84 Å². The number of aliphatic hydroxyl groups excluding tert-OH is 1. The first-order valence-corrected chi connectivity index (χ1v) is 6.44. The van der Waals surface area contributed by atoms with Crippen molar-refractivity contribution in [2.24, 2.45) is 5.92 Å². The largest absolute Gasteiger partial charge is 0.393 e. The zero-order valence-electron chi connectivity index (χ0n) is 10.2. The van der Waals surface area contributed by atoms with E-state index in [9.17, 15) is 9.90 Å². The lowest BCUT2D eigenvalue weighted by Crippen LogP contribution is -2.42. The van der Waals surface area contributed by atoms with Gasteiger partial charge in [-0.2, -0.15) is 0 Å². The molecule has 1 aromatic rings. The zero-order valence-corrected chi connectivity index (χ0v) is 10.2. The molecule has 1 saturated heterocycles. The third-order valence-corrected chi connectivity index (χ3v) is 3.77. The van der Waals surface area contributed by atoms with Crippen LogP contribution < -0.4 is 0 Å². The Balaban J connectivity index is 1.73. The topological polar surface area (TPSA) is 49.8 Å². The molecule has 0 aromatic heterocycles. The summed E-state index contributed by atoms with van der Waals surface area (Å²) < 4.78 is 0. The van der Waals surface area contributed by atoms with E-state index in [2.05, 4.69) is 0 Å². The average molecular weight is 247 g/mol. The number of nitrogens with zero attached hydrogens (tertiary/aromatic N) is 1. The van der Waals surface area contributed by atoms with Gasteiger partial charge >= 0.3 is 0 Å². The van der Waals surface area contributed by atoms with Crippen molar-refractivity contribution in [1.29, 1.82) is 0 Å². The van der Waals surface area contributed by atoms with Gasteiger partial charge in [-0.1, -0.05) is 30.3 Å². The van der Waals surface area contributed by atoms with E-state index in [0.717, 1.165) is 12.0 Å². The normalized spacial score (nSPS) is 31.2. The molecular formula is C14H17NO3. The maximum Gasteiger partial charge on any atom is 0.250 e. The smallest absolute Gasteiger partial charge is 0.250 e. The molecule has 1 saturated carbocycles. The van der Waals surface area contributed by atoms with Crippen LogP contribution in [0.15, 0.2) is 30.3 Å². The molecule has 1 aromatic carbocycles. The minimum Gasteiger partial charge on any atom is -0.393 e. The highest BCUT2D eigenvalue weighted by atomic mass is 16.7. The third-order valence-electron chi connectivity index (χ3n) is 3.77. The maximum absolute atomic E-state index is 12.2. The molecule has 0 radical (unpaired) electrons. The van der Waals surface area contributed by atoms with Gasteiger partial charge in [0.2, 0.25) is 5.91 Å². The van der Waals surface area contributed by atoms with Crippen molar-refractivity contribution in [1.82, 2.24) is 5.06 Å². The van der Waals surface area contributed by atoms with Gasteiger partial charge in [0.15, 0.2) is 0 Å². The first-order chi connectivity index (χ1) is 8.75. The number of aliphatic hydroxyl groups is 1. The molecule has 1 aliphatic heterocycles. The molecule has 4 heteroatoms. The van der Waals surface area contributed by atoms with Crippen LogP contribution in [0.4, 0.5) is 0 Å². The van der Waals surface area contributed by atoms with Crippen molar-refractivity contribution in [2.75, 3.05) is 6.61 Å². The van der Waals surface area contributed by atoms with Crippen molar-refractivity contribution in [2.45, 2.75) is 31.4 Å². The highest BCUT2D eigenvalue weighted by Gasteiger charge is 2.40. The number of carbonyl (C=O) groups excluding carboxylic acids is 1. The first-order valence-electron chi connectivity index (χ1n) is 6.44. The van der Waals surface area contributed by atoms with Gasteiger partial charge in [0.05, 0.1) is 18.8 Å². The lowest BCUT2D eigenvalue weighted by Gasteiger charge is -2.34. The molecule has 0 unspecified atom stereocenters. The van der Waals surface area contributed by atoms with Gasteiger partial charge in [0.25, 0.3) is 0 Å². The van der Waals surface area contributed by atoms with Crippen LogP contribution in [0.1, 0.15) is 30.9 Å². The summed E-state index contributed by atoms with van der Waals surface area (Å²) >= 11 is 0. The van der Waals surface area contributed by atoms with Crippen LogP contribution in [-0.4, -0.2) is 28.8 Å². The van der Waals surface area contributed by atoms with E-state index < -0.39 is 0 Å². The molecule has 1 N–H and O–H groups in total. The summed E-state index contributed by atoms with van der Waals surface area (Å²) in [4.78, 5) is 17.7. The fourth-order valence-corrected chi connectivity index (χ4v) is 2.63. The Labute approximate surface area is 106 Å². The maximum atomic E-state index is 12.2. The van der Waals surface area contributed by atoms with Crippen LogP contribution in [-0.2, 0) is 9.63 Å². The molecular weight excluding hydrogens is 230 g/mol. The van der Waals surface area contributed by atoms with E-state index in [1.54, 1.807) is 0 Å². The van der Waals surface area contributed by atoms with Crippen molar-refractivity contribution < 1.29 is 14.7 Å². The predicted octanol–water partition coefficient (Wildman–Crippen LogP) is 1.66. The van der Waals surface area contributed by atoms with Gasteiger partial charge in [-0.3, -0.25) is 9.63 Å². The Kier molecular flexibility index (Phi) is 3.06. The lowest BCUT2D eigenvalue weighted by atomic mass is 9.81. The van der Waals surface area contributed by atoms with Crippen LogP contribution in [0.5, 0.6) is 0 Å². The number of rotatable bonds is 2. The molecule has 96 valence electrons. The molecule has 3 rings (SSSR count). The summed E-state index contributed by atoms with van der Waals surface area (Å²) in [6, 6.07) is 9.99. The lowest BCUT2D eigenvalue weighted by molar-refractivity contribution is -0.187. The summed E-state index contributed by atoms with van der Waals surface area (Å²) in [5.41, 5.74) is 1.11. The summed E-state index contributed by atoms with van der Waals surface area (Å²) in [5.74, 6) is -0.0454. The van der Waals surface area contributed by atoms with Crippen LogP contribution in [0.25, 0.3) is 0 Å². The van der Waals surface area contributed by atoms with Gasteiger partial charge in [-0.25, -0.2) is 5.06 Å². The summed E-state index contributed by atoms with van der Waals surface area (Å²) in [6.45, 7) is 0.584.